The normalized spacial score (nSPS) is 6.00. The van der Waals surface area contributed by atoms with E-state index in [1.54, 1.807) is 0 Å². The van der Waals surface area contributed by atoms with E-state index < -0.39 is 0 Å². The van der Waals surface area contributed by atoms with Gasteiger partial charge in [0, 0.05) is 0 Å². The van der Waals surface area contributed by atoms with Crippen LogP contribution >= 0.6 is 0 Å². The van der Waals surface area contributed by atoms with Crippen molar-refractivity contribution in [3.8, 4) is 0 Å². The third-order valence-corrected chi connectivity index (χ3v) is 0.354. The zero-order valence-electron chi connectivity index (χ0n) is 4.12. The first-order valence-electron chi connectivity index (χ1n) is 1.71. The number of unbranched alkanes of at least 4 members (excludes halogenated alkanes) is 1. The molecule has 0 spiro atoms. The molecule has 0 aromatic heterocycles. The van der Waals surface area contributed by atoms with E-state index in [1.165, 1.54) is 6.42 Å². The summed E-state index contributed by atoms with van der Waals surface area (Å²) in [5.41, 5.74) is 0. The van der Waals surface area contributed by atoms with Gasteiger partial charge in [0.25, 0.3) is 0 Å². The Hall–Kier alpha value is 0.597. The predicted octanol–water partition coefficient (Wildman–Crippen LogP) is -1.38. The van der Waals surface area contributed by atoms with Crippen molar-refractivity contribution in [1.82, 2.24) is 0 Å². The molecule has 5 heavy (non-hydrogen) atoms. The topological polar surface area (TPSA) is 0 Å². The Bertz CT molecular complexity index is 5.61. The van der Waals surface area contributed by atoms with Crippen LogP contribution in [-0.2, 0) is 0 Å². The molecule has 1 heteroatoms. The first-order valence-corrected chi connectivity index (χ1v) is 1.71. The second-order valence-electron chi connectivity index (χ2n) is 0.854. The fraction of sp³-hybridized carbons (Fsp3) is 0.750. The van der Waals surface area contributed by atoms with Gasteiger partial charge < -0.3 is 6.92 Å². The minimum absolute atomic E-state index is 0. The Morgan fingerprint density at radius 2 is 1.80 bits per heavy atom. The minimum atomic E-state index is 0. The van der Waals surface area contributed by atoms with Crippen molar-refractivity contribution >= 4 is 0 Å². The second kappa shape index (κ2) is 8.82. The van der Waals surface area contributed by atoms with Gasteiger partial charge in [-0.2, -0.15) is 6.42 Å². The average Bonchev–Trinajstić information content (AvgIpc) is 1.37. The van der Waals surface area contributed by atoms with E-state index in [4.69, 9.17) is 0 Å². The van der Waals surface area contributed by atoms with E-state index in [9.17, 15) is 0 Å². The molecule has 0 aromatic rings. The summed E-state index contributed by atoms with van der Waals surface area (Å²) in [6, 6.07) is 0. The van der Waals surface area contributed by atoms with Crippen molar-refractivity contribution in [2.24, 2.45) is 0 Å². The molecule has 0 aliphatic carbocycles. The Morgan fingerprint density at radius 1 is 1.60 bits per heavy atom. The first kappa shape index (κ1) is 9.14. The average molecular weight is 65.1 g/mol. The van der Waals surface area contributed by atoms with Gasteiger partial charge in [0.05, 0.1) is 0 Å². The summed E-state index contributed by atoms with van der Waals surface area (Å²) < 4.78 is 0. The molecular formula is C4H9Li. The number of rotatable bonds is 1. The Labute approximate surface area is 46.1 Å². The molecule has 0 aliphatic rings. The first-order chi connectivity index (χ1) is 1.91. The van der Waals surface area contributed by atoms with Gasteiger partial charge >= 0.3 is 18.9 Å². The minimum Gasteiger partial charge on any atom is -0.343 e. The van der Waals surface area contributed by atoms with Gasteiger partial charge in [-0.3, -0.25) is 0 Å². The largest absolute Gasteiger partial charge is 1.00 e. The zero-order valence-corrected chi connectivity index (χ0v) is 4.12. The molecule has 0 aliphatic heterocycles. The SMILES string of the molecule is [8Li+].[CH2-]CCC. The van der Waals surface area contributed by atoms with E-state index in [1.807, 2.05) is 0 Å². The van der Waals surface area contributed by atoms with Gasteiger partial charge in [-0.05, 0) is 0 Å². The van der Waals surface area contributed by atoms with Gasteiger partial charge in [0.1, 0.15) is 0 Å². The zero-order chi connectivity index (χ0) is 3.41. The second-order valence-corrected chi connectivity index (χ2v) is 0.854. The molecule has 0 radical (unpaired) electrons. The summed E-state index contributed by atoms with van der Waals surface area (Å²) in [4.78, 5) is 0. The molecule has 26 valence electrons. The van der Waals surface area contributed by atoms with Crippen molar-refractivity contribution in [2.45, 2.75) is 19.8 Å². The molecule has 0 saturated heterocycles. The molecular weight excluding hydrogens is 56.1 g/mol. The van der Waals surface area contributed by atoms with Crippen molar-refractivity contribution < 1.29 is 18.9 Å². The van der Waals surface area contributed by atoms with Crippen LogP contribution in [0.1, 0.15) is 19.8 Å². The van der Waals surface area contributed by atoms with Crippen LogP contribution in [0.4, 0.5) is 0 Å². The quantitative estimate of drug-likeness (QED) is 0.261. The van der Waals surface area contributed by atoms with E-state index in [2.05, 4.69) is 13.8 Å². The van der Waals surface area contributed by atoms with Gasteiger partial charge in [-0.25, -0.2) is 0 Å². The molecule has 0 bridgehead atoms. The summed E-state index contributed by atoms with van der Waals surface area (Å²) in [6.07, 6.45) is 2.28. The van der Waals surface area contributed by atoms with Crippen LogP contribution in [-0.4, -0.2) is 0 Å². The Balaban J connectivity index is 0. The van der Waals surface area contributed by atoms with Crippen molar-refractivity contribution in [2.75, 3.05) is 0 Å². The van der Waals surface area contributed by atoms with E-state index in [-0.39, 0.29) is 18.9 Å². The van der Waals surface area contributed by atoms with Gasteiger partial charge in [0.2, 0.25) is 0 Å². The molecule has 0 aromatic carbocycles. The van der Waals surface area contributed by atoms with Crippen LogP contribution in [0.3, 0.4) is 0 Å². The van der Waals surface area contributed by atoms with Crippen LogP contribution in [0.2, 0.25) is 0 Å². The van der Waals surface area contributed by atoms with Crippen LogP contribution in [0, 0.1) is 6.92 Å². The fourth-order valence-corrected chi connectivity index (χ4v) is 0. The Kier molecular flexibility index (Phi) is 16.1. The summed E-state index contributed by atoms with van der Waals surface area (Å²) >= 11 is 0. The molecule has 0 heterocycles. The summed E-state index contributed by atoms with van der Waals surface area (Å²) in [5, 5.41) is 0. The maximum Gasteiger partial charge on any atom is 1.00 e. The standard InChI is InChI=1S/C4H9.Li/c1-3-4-2;/h1,3-4H2,2H3;/q-1;+1/i;1+1. The summed E-state index contributed by atoms with van der Waals surface area (Å²) in [5.74, 6) is 0. The van der Waals surface area contributed by atoms with Gasteiger partial charge in [0.15, 0.2) is 0 Å². The molecule has 0 amide bonds. The summed E-state index contributed by atoms with van der Waals surface area (Å²) in [7, 11) is 0. The van der Waals surface area contributed by atoms with Crippen molar-refractivity contribution in [1.29, 1.82) is 0 Å². The fourth-order valence-electron chi connectivity index (χ4n) is 0. The molecule has 0 N–H and O–H groups in total. The maximum absolute atomic E-state index is 3.60. The van der Waals surface area contributed by atoms with Crippen LogP contribution in [0.15, 0.2) is 0 Å². The molecule has 0 nitrogen and oxygen atoms in total. The molecule has 0 rings (SSSR count). The Morgan fingerprint density at radius 3 is 1.80 bits per heavy atom. The van der Waals surface area contributed by atoms with Crippen molar-refractivity contribution in [3.63, 3.8) is 0 Å². The smallest absolute Gasteiger partial charge is 0.343 e. The monoisotopic (exact) mass is 65.1 g/mol. The number of hydrogen-bond acceptors (Lipinski definition) is 0. The van der Waals surface area contributed by atoms with Crippen LogP contribution in [0.25, 0.3) is 0 Å². The third kappa shape index (κ3) is 12.2. The van der Waals surface area contributed by atoms with Gasteiger partial charge in [-0.15, -0.1) is 0 Å². The molecule has 0 atom stereocenters. The molecule has 0 unspecified atom stereocenters. The number of hydrogen-bond donors (Lipinski definition) is 0. The predicted molar refractivity (Wildman–Crippen MR) is 20.3 cm³/mol. The van der Waals surface area contributed by atoms with Crippen LogP contribution < -0.4 is 18.9 Å². The van der Waals surface area contributed by atoms with Crippen molar-refractivity contribution in [3.05, 3.63) is 6.92 Å². The van der Waals surface area contributed by atoms with E-state index in [0.717, 1.165) is 6.42 Å². The molecule has 0 fully saturated rings. The van der Waals surface area contributed by atoms with Crippen LogP contribution in [0.5, 0.6) is 0 Å². The van der Waals surface area contributed by atoms with Gasteiger partial charge in [-0.1, -0.05) is 13.3 Å². The third-order valence-electron chi connectivity index (χ3n) is 0.354. The van der Waals surface area contributed by atoms with E-state index >= 15 is 0 Å². The summed E-state index contributed by atoms with van der Waals surface area (Å²) in [6.45, 7) is 5.72. The molecule has 0 saturated carbocycles. The maximum atomic E-state index is 3.60. The van der Waals surface area contributed by atoms with E-state index in [0.29, 0.717) is 0 Å².